The van der Waals surface area contributed by atoms with E-state index < -0.39 is 0 Å². The zero-order valence-electron chi connectivity index (χ0n) is 17.4. The zero-order chi connectivity index (χ0) is 21.9. The number of anilines is 1. The molecule has 5 aromatic rings. The lowest BCUT2D eigenvalue weighted by molar-refractivity contribution is 0.252. The number of urea groups is 1. The Hall–Kier alpha value is -4.46. The Balaban J connectivity index is 1.38. The summed E-state index contributed by atoms with van der Waals surface area (Å²) in [5, 5.41) is 15.8. The molecule has 3 aromatic heterocycles. The third-order valence-corrected chi connectivity index (χ3v) is 5.24. The zero-order valence-corrected chi connectivity index (χ0v) is 17.4. The van der Waals surface area contributed by atoms with Crippen LogP contribution in [0.2, 0.25) is 0 Å². The van der Waals surface area contributed by atoms with Crippen molar-refractivity contribution < 1.29 is 4.79 Å². The second kappa shape index (κ2) is 8.35. The van der Waals surface area contributed by atoms with Gasteiger partial charge in [0.15, 0.2) is 0 Å². The molecule has 0 saturated carbocycles. The first-order valence-corrected chi connectivity index (χ1v) is 10.2. The smallest absolute Gasteiger partial charge is 0.319 e. The number of carbonyl (C=O) groups excluding carboxylic acids is 1. The molecule has 0 aliphatic carbocycles. The normalized spacial score (nSPS) is 10.9. The number of nitrogens with zero attached hydrogens (tertiary/aromatic N) is 5. The average Bonchev–Trinajstić information content (AvgIpc) is 3.44. The van der Waals surface area contributed by atoms with Gasteiger partial charge in [0, 0.05) is 48.7 Å². The van der Waals surface area contributed by atoms with Crippen molar-refractivity contribution in [2.24, 2.45) is 7.05 Å². The Kier molecular flexibility index (Phi) is 5.09. The first-order chi connectivity index (χ1) is 15.7. The lowest BCUT2D eigenvalue weighted by atomic mass is 10.1. The van der Waals surface area contributed by atoms with Crippen LogP contribution in [0.5, 0.6) is 0 Å². The van der Waals surface area contributed by atoms with Crippen molar-refractivity contribution in [3.05, 3.63) is 91.0 Å². The molecule has 2 amide bonds. The van der Waals surface area contributed by atoms with Crippen molar-refractivity contribution in [1.29, 1.82) is 0 Å². The van der Waals surface area contributed by atoms with Crippen LogP contribution in [0.4, 0.5) is 10.5 Å². The van der Waals surface area contributed by atoms with Gasteiger partial charge in [-0.3, -0.25) is 9.67 Å². The molecule has 32 heavy (non-hydrogen) atoms. The molecule has 0 atom stereocenters. The molecule has 3 heterocycles. The first-order valence-electron chi connectivity index (χ1n) is 10.2. The van der Waals surface area contributed by atoms with E-state index in [9.17, 15) is 4.79 Å². The number of nitrogens with one attached hydrogen (secondary N) is 2. The second-order valence-corrected chi connectivity index (χ2v) is 7.33. The number of hydrogen-bond donors (Lipinski definition) is 2. The van der Waals surface area contributed by atoms with Gasteiger partial charge in [-0.25, -0.2) is 9.48 Å². The number of hydrogen-bond acceptors (Lipinski definition) is 4. The number of rotatable bonds is 5. The molecule has 8 heteroatoms. The van der Waals surface area contributed by atoms with Gasteiger partial charge in [0.2, 0.25) is 0 Å². The summed E-state index contributed by atoms with van der Waals surface area (Å²) in [6.07, 6.45) is 7.15. The van der Waals surface area contributed by atoms with E-state index in [1.807, 2.05) is 78.6 Å². The van der Waals surface area contributed by atoms with Gasteiger partial charge in [-0.15, -0.1) is 0 Å². The molecular formula is C24H21N7O. The molecule has 0 aliphatic rings. The van der Waals surface area contributed by atoms with E-state index in [1.54, 1.807) is 23.3 Å². The van der Waals surface area contributed by atoms with Gasteiger partial charge in [0.1, 0.15) is 0 Å². The predicted molar refractivity (Wildman–Crippen MR) is 123 cm³/mol. The summed E-state index contributed by atoms with van der Waals surface area (Å²) in [6.45, 7) is 0.319. The maximum Gasteiger partial charge on any atom is 0.319 e. The fraction of sp³-hybridized carbons (Fsp3) is 0.0833. The number of fused-ring (bicyclic) bond motifs is 1. The minimum absolute atomic E-state index is 0.297. The van der Waals surface area contributed by atoms with E-state index in [0.717, 1.165) is 33.4 Å². The lowest BCUT2D eigenvalue weighted by Gasteiger charge is -2.09. The molecule has 0 aliphatic heterocycles. The van der Waals surface area contributed by atoms with Gasteiger partial charge in [-0.05, 0) is 36.4 Å². The Bertz CT molecular complexity index is 1370. The van der Waals surface area contributed by atoms with E-state index in [2.05, 4.69) is 20.7 Å². The second-order valence-electron chi connectivity index (χ2n) is 7.33. The van der Waals surface area contributed by atoms with Gasteiger partial charge in [0.05, 0.1) is 28.8 Å². The van der Waals surface area contributed by atoms with Crippen molar-refractivity contribution in [1.82, 2.24) is 29.9 Å². The Morgan fingerprint density at radius 1 is 1.00 bits per heavy atom. The Morgan fingerprint density at radius 3 is 2.62 bits per heavy atom. The van der Waals surface area contributed by atoms with E-state index in [0.29, 0.717) is 12.2 Å². The summed E-state index contributed by atoms with van der Waals surface area (Å²) >= 11 is 0. The standard InChI is InChI=1S/C24H21N7O/c1-30-22-9-5-8-21(20(22)15-27-30)28-24(32)26-14-18-16-31(19-6-3-2-4-7-19)29-23(18)17-10-12-25-13-11-17/h2-13,15-16H,14H2,1H3,(H2,26,28,32). The maximum atomic E-state index is 12.7. The highest BCUT2D eigenvalue weighted by atomic mass is 16.2. The van der Waals surface area contributed by atoms with Gasteiger partial charge in [-0.1, -0.05) is 24.3 Å². The predicted octanol–water partition coefficient (Wildman–Crippen LogP) is 4.14. The van der Waals surface area contributed by atoms with Crippen LogP contribution in [-0.4, -0.2) is 30.6 Å². The highest BCUT2D eigenvalue weighted by Crippen LogP contribution is 2.24. The minimum Gasteiger partial charge on any atom is -0.334 e. The number of benzene rings is 2. The number of amides is 2. The summed E-state index contributed by atoms with van der Waals surface area (Å²) in [4.78, 5) is 16.8. The van der Waals surface area contributed by atoms with Crippen molar-refractivity contribution in [2.75, 3.05) is 5.32 Å². The van der Waals surface area contributed by atoms with Crippen LogP contribution < -0.4 is 10.6 Å². The summed E-state index contributed by atoms with van der Waals surface area (Å²) in [5.41, 5.74) is 5.24. The fourth-order valence-corrected chi connectivity index (χ4v) is 3.63. The van der Waals surface area contributed by atoms with E-state index in [4.69, 9.17) is 5.10 Å². The highest BCUT2D eigenvalue weighted by molar-refractivity contribution is 6.00. The first kappa shape index (κ1) is 19.5. The number of aryl methyl sites for hydroxylation is 1. The molecule has 2 aromatic carbocycles. The SMILES string of the molecule is Cn1ncc2c(NC(=O)NCc3cn(-c4ccccc4)nc3-c3ccncc3)cccc21. The maximum absolute atomic E-state index is 12.7. The monoisotopic (exact) mass is 423 g/mol. The molecule has 0 unspecified atom stereocenters. The quantitative estimate of drug-likeness (QED) is 0.445. The van der Waals surface area contributed by atoms with Gasteiger partial charge >= 0.3 is 6.03 Å². The summed E-state index contributed by atoms with van der Waals surface area (Å²) in [5.74, 6) is 0. The molecule has 0 bridgehead atoms. The molecule has 0 fully saturated rings. The fourth-order valence-electron chi connectivity index (χ4n) is 3.63. The molecular weight excluding hydrogens is 402 g/mol. The lowest BCUT2D eigenvalue weighted by Crippen LogP contribution is -2.28. The van der Waals surface area contributed by atoms with Gasteiger partial charge < -0.3 is 10.6 Å². The summed E-state index contributed by atoms with van der Waals surface area (Å²) < 4.78 is 3.60. The Morgan fingerprint density at radius 2 is 1.81 bits per heavy atom. The number of aromatic nitrogens is 5. The van der Waals surface area contributed by atoms with Gasteiger partial charge in [-0.2, -0.15) is 10.2 Å². The number of carbonyl (C=O) groups is 1. The third-order valence-electron chi connectivity index (χ3n) is 5.24. The van der Waals surface area contributed by atoms with Crippen LogP contribution in [0.1, 0.15) is 5.56 Å². The van der Waals surface area contributed by atoms with Crippen LogP contribution in [0.15, 0.2) is 85.5 Å². The molecule has 0 radical (unpaired) electrons. The largest absolute Gasteiger partial charge is 0.334 e. The van der Waals surface area contributed by atoms with Crippen LogP contribution >= 0.6 is 0 Å². The minimum atomic E-state index is -0.297. The molecule has 2 N–H and O–H groups in total. The topological polar surface area (TPSA) is 89.7 Å². The highest BCUT2D eigenvalue weighted by Gasteiger charge is 2.14. The average molecular weight is 423 g/mol. The van der Waals surface area contributed by atoms with Crippen LogP contribution in [0, 0.1) is 0 Å². The summed E-state index contributed by atoms with van der Waals surface area (Å²) in [7, 11) is 1.87. The van der Waals surface area contributed by atoms with Crippen molar-refractivity contribution in [3.8, 4) is 16.9 Å². The number of pyridine rings is 1. The molecule has 0 spiro atoms. The molecule has 0 saturated heterocycles. The number of para-hydroxylation sites is 1. The van der Waals surface area contributed by atoms with Crippen molar-refractivity contribution in [2.45, 2.75) is 6.54 Å². The molecule has 158 valence electrons. The molecule has 5 rings (SSSR count). The third kappa shape index (κ3) is 3.81. The van der Waals surface area contributed by atoms with Crippen LogP contribution in [0.3, 0.4) is 0 Å². The van der Waals surface area contributed by atoms with E-state index in [1.165, 1.54) is 0 Å². The Labute approximate surface area is 184 Å². The van der Waals surface area contributed by atoms with Crippen molar-refractivity contribution in [3.63, 3.8) is 0 Å². The van der Waals surface area contributed by atoms with E-state index in [-0.39, 0.29) is 6.03 Å². The summed E-state index contributed by atoms with van der Waals surface area (Å²) in [6, 6.07) is 19.1. The van der Waals surface area contributed by atoms with Crippen molar-refractivity contribution >= 4 is 22.6 Å². The van der Waals surface area contributed by atoms with Crippen LogP contribution in [-0.2, 0) is 13.6 Å². The molecule has 8 nitrogen and oxygen atoms in total. The van der Waals surface area contributed by atoms with Gasteiger partial charge in [0.25, 0.3) is 0 Å². The van der Waals surface area contributed by atoms with Crippen LogP contribution in [0.25, 0.3) is 27.8 Å². The van der Waals surface area contributed by atoms with E-state index >= 15 is 0 Å².